The summed E-state index contributed by atoms with van der Waals surface area (Å²) < 4.78 is 1.66. The molecule has 1 fully saturated rings. The molecule has 2 heterocycles. The standard InChI is InChI=1S/C13H14N4O3S/c1-17-5-8(4-14-17)12-15-9(6-21-12)11(18)16-10(13(19)20)7-2-3-7/h4-7,10H,2-3H2,1H3,(H,16,18)(H,19,20). The number of hydrogen-bond acceptors (Lipinski definition) is 5. The maximum atomic E-state index is 12.1. The molecule has 1 atom stereocenters. The fraction of sp³-hybridized carbons (Fsp3) is 0.385. The van der Waals surface area contributed by atoms with Crippen LogP contribution in [0.15, 0.2) is 17.8 Å². The topological polar surface area (TPSA) is 97.1 Å². The molecule has 1 saturated carbocycles. The molecule has 110 valence electrons. The number of hydrogen-bond donors (Lipinski definition) is 2. The van der Waals surface area contributed by atoms with Crippen molar-refractivity contribution in [3.05, 3.63) is 23.5 Å². The first-order valence-electron chi connectivity index (χ1n) is 6.53. The molecule has 1 unspecified atom stereocenters. The number of nitrogens with zero attached hydrogens (tertiary/aromatic N) is 3. The van der Waals surface area contributed by atoms with Crippen molar-refractivity contribution >= 4 is 23.2 Å². The van der Waals surface area contributed by atoms with Crippen LogP contribution in [0.5, 0.6) is 0 Å². The molecule has 7 nitrogen and oxygen atoms in total. The molecule has 1 aliphatic carbocycles. The van der Waals surface area contributed by atoms with Crippen LogP contribution < -0.4 is 5.32 Å². The van der Waals surface area contributed by atoms with E-state index in [1.165, 1.54) is 11.3 Å². The van der Waals surface area contributed by atoms with Gasteiger partial charge in [0.25, 0.3) is 5.91 Å². The summed E-state index contributed by atoms with van der Waals surface area (Å²) in [5.74, 6) is -1.39. The van der Waals surface area contributed by atoms with E-state index < -0.39 is 17.9 Å². The molecule has 0 bridgehead atoms. The third-order valence-electron chi connectivity index (χ3n) is 3.33. The molecule has 3 rings (SSSR count). The van der Waals surface area contributed by atoms with Gasteiger partial charge in [-0.1, -0.05) is 0 Å². The van der Waals surface area contributed by atoms with Crippen LogP contribution in [0.2, 0.25) is 0 Å². The Morgan fingerprint density at radius 3 is 2.86 bits per heavy atom. The molecular formula is C13H14N4O3S. The fourth-order valence-corrected chi connectivity index (χ4v) is 2.84. The first-order valence-corrected chi connectivity index (χ1v) is 7.41. The second-order valence-electron chi connectivity index (χ2n) is 5.07. The number of thiazole rings is 1. The lowest BCUT2D eigenvalue weighted by Gasteiger charge is -2.12. The summed E-state index contributed by atoms with van der Waals surface area (Å²) in [6, 6.07) is -0.818. The third-order valence-corrected chi connectivity index (χ3v) is 4.23. The smallest absolute Gasteiger partial charge is 0.326 e. The molecule has 2 aromatic heterocycles. The number of rotatable bonds is 5. The highest BCUT2D eigenvalue weighted by molar-refractivity contribution is 7.13. The van der Waals surface area contributed by atoms with Gasteiger partial charge >= 0.3 is 5.97 Å². The normalized spacial score (nSPS) is 15.7. The number of carboxylic acids is 1. The highest BCUT2D eigenvalue weighted by atomic mass is 32.1. The molecule has 8 heteroatoms. The monoisotopic (exact) mass is 306 g/mol. The van der Waals surface area contributed by atoms with Gasteiger partial charge in [-0.3, -0.25) is 9.48 Å². The van der Waals surface area contributed by atoms with Gasteiger partial charge in [-0.25, -0.2) is 9.78 Å². The number of carboxylic acid groups (broad SMARTS) is 1. The average molecular weight is 306 g/mol. The summed E-state index contributed by atoms with van der Waals surface area (Å²) in [6.45, 7) is 0. The van der Waals surface area contributed by atoms with E-state index in [-0.39, 0.29) is 11.6 Å². The number of amides is 1. The van der Waals surface area contributed by atoms with Gasteiger partial charge < -0.3 is 10.4 Å². The number of carbonyl (C=O) groups excluding carboxylic acids is 1. The second-order valence-corrected chi connectivity index (χ2v) is 5.93. The van der Waals surface area contributed by atoms with E-state index in [1.807, 2.05) is 6.20 Å². The van der Waals surface area contributed by atoms with E-state index in [9.17, 15) is 9.59 Å². The Bertz CT molecular complexity index is 689. The quantitative estimate of drug-likeness (QED) is 0.863. The zero-order chi connectivity index (χ0) is 15.0. The molecule has 0 spiro atoms. The summed E-state index contributed by atoms with van der Waals surface area (Å²) in [4.78, 5) is 27.5. The Balaban J connectivity index is 1.73. The van der Waals surface area contributed by atoms with E-state index in [0.717, 1.165) is 18.4 Å². The van der Waals surface area contributed by atoms with E-state index in [2.05, 4.69) is 15.4 Å². The van der Waals surface area contributed by atoms with Crippen molar-refractivity contribution in [3.8, 4) is 10.6 Å². The summed E-state index contributed by atoms with van der Waals surface area (Å²) in [6.07, 6.45) is 5.17. The van der Waals surface area contributed by atoms with E-state index >= 15 is 0 Å². The maximum absolute atomic E-state index is 12.1. The van der Waals surface area contributed by atoms with Crippen LogP contribution in [0.25, 0.3) is 10.6 Å². The van der Waals surface area contributed by atoms with Crippen LogP contribution in [-0.4, -0.2) is 37.8 Å². The van der Waals surface area contributed by atoms with Gasteiger partial charge in [-0.15, -0.1) is 11.3 Å². The van der Waals surface area contributed by atoms with Gasteiger partial charge in [0, 0.05) is 24.2 Å². The minimum absolute atomic E-state index is 0.0443. The van der Waals surface area contributed by atoms with Crippen LogP contribution in [0.1, 0.15) is 23.3 Å². The fourth-order valence-electron chi connectivity index (χ4n) is 2.07. The summed E-state index contributed by atoms with van der Waals surface area (Å²) >= 11 is 1.33. The van der Waals surface area contributed by atoms with E-state index in [4.69, 9.17) is 5.11 Å². The van der Waals surface area contributed by atoms with Gasteiger partial charge in [0.05, 0.1) is 6.20 Å². The van der Waals surface area contributed by atoms with Crippen LogP contribution in [-0.2, 0) is 11.8 Å². The molecule has 2 aromatic rings. The Hall–Kier alpha value is -2.22. The predicted molar refractivity (Wildman–Crippen MR) is 75.9 cm³/mol. The number of nitrogens with one attached hydrogen (secondary N) is 1. The molecule has 0 saturated heterocycles. The molecule has 2 N–H and O–H groups in total. The SMILES string of the molecule is Cn1cc(-c2nc(C(=O)NC(C(=O)O)C3CC3)cs2)cn1. The number of aliphatic carboxylic acids is 1. The van der Waals surface area contributed by atoms with E-state index in [0.29, 0.717) is 5.01 Å². The zero-order valence-electron chi connectivity index (χ0n) is 11.3. The molecular weight excluding hydrogens is 292 g/mol. The molecule has 0 radical (unpaired) electrons. The Labute approximate surface area is 124 Å². The van der Waals surface area contributed by atoms with Gasteiger partial charge in [0.1, 0.15) is 16.7 Å². The van der Waals surface area contributed by atoms with Gasteiger partial charge in [0.2, 0.25) is 0 Å². The summed E-state index contributed by atoms with van der Waals surface area (Å²) in [5, 5.41) is 18.0. The first kappa shape index (κ1) is 13.7. The highest BCUT2D eigenvalue weighted by Gasteiger charge is 2.37. The first-order chi connectivity index (χ1) is 10.0. The summed E-state index contributed by atoms with van der Waals surface area (Å²) in [7, 11) is 1.80. The lowest BCUT2D eigenvalue weighted by molar-refractivity contribution is -0.139. The molecule has 0 aliphatic heterocycles. The lowest BCUT2D eigenvalue weighted by atomic mass is 10.2. The Kier molecular flexibility index (Phi) is 3.46. The van der Waals surface area contributed by atoms with Crippen molar-refractivity contribution < 1.29 is 14.7 Å². The average Bonchev–Trinajstić information content (AvgIpc) is 2.98. The zero-order valence-corrected chi connectivity index (χ0v) is 12.1. The highest BCUT2D eigenvalue weighted by Crippen LogP contribution is 2.33. The Morgan fingerprint density at radius 2 is 2.29 bits per heavy atom. The van der Waals surface area contributed by atoms with Gasteiger partial charge in [-0.2, -0.15) is 5.10 Å². The molecule has 21 heavy (non-hydrogen) atoms. The van der Waals surface area contributed by atoms with Crippen LogP contribution in [0, 0.1) is 5.92 Å². The van der Waals surface area contributed by atoms with Crippen molar-refractivity contribution in [1.82, 2.24) is 20.1 Å². The van der Waals surface area contributed by atoms with Gasteiger partial charge in [-0.05, 0) is 18.8 Å². The minimum atomic E-state index is -0.992. The predicted octanol–water partition coefficient (Wildman–Crippen LogP) is 1.14. The van der Waals surface area contributed by atoms with Crippen molar-refractivity contribution in [2.24, 2.45) is 13.0 Å². The van der Waals surface area contributed by atoms with Crippen molar-refractivity contribution in [3.63, 3.8) is 0 Å². The van der Waals surface area contributed by atoms with E-state index in [1.54, 1.807) is 23.3 Å². The molecule has 1 amide bonds. The minimum Gasteiger partial charge on any atom is -0.480 e. The molecule has 1 aliphatic rings. The number of carbonyl (C=O) groups is 2. The largest absolute Gasteiger partial charge is 0.480 e. The lowest BCUT2D eigenvalue weighted by Crippen LogP contribution is -2.42. The number of aryl methyl sites for hydroxylation is 1. The number of aromatic nitrogens is 3. The van der Waals surface area contributed by atoms with Crippen molar-refractivity contribution in [2.45, 2.75) is 18.9 Å². The maximum Gasteiger partial charge on any atom is 0.326 e. The van der Waals surface area contributed by atoms with Crippen LogP contribution >= 0.6 is 11.3 Å². The Morgan fingerprint density at radius 1 is 1.52 bits per heavy atom. The van der Waals surface area contributed by atoms with Crippen LogP contribution in [0.3, 0.4) is 0 Å². The summed E-state index contributed by atoms with van der Waals surface area (Å²) in [5.41, 5.74) is 1.07. The van der Waals surface area contributed by atoms with Crippen molar-refractivity contribution in [2.75, 3.05) is 0 Å². The third kappa shape index (κ3) is 2.94. The van der Waals surface area contributed by atoms with Crippen LogP contribution in [0.4, 0.5) is 0 Å². The van der Waals surface area contributed by atoms with Crippen molar-refractivity contribution in [1.29, 1.82) is 0 Å². The van der Waals surface area contributed by atoms with Gasteiger partial charge in [0.15, 0.2) is 0 Å². The second kappa shape index (κ2) is 5.28. The molecule has 0 aromatic carbocycles.